The molecule has 0 radical (unpaired) electrons. The first-order valence-electron chi connectivity index (χ1n) is 5.22. The van der Waals surface area contributed by atoms with Crippen LogP contribution in [0.5, 0.6) is 0 Å². The van der Waals surface area contributed by atoms with E-state index in [2.05, 4.69) is 5.10 Å². The second kappa shape index (κ2) is 6.83. The van der Waals surface area contributed by atoms with Gasteiger partial charge in [0.05, 0.1) is 0 Å². The van der Waals surface area contributed by atoms with Crippen molar-refractivity contribution in [2.24, 2.45) is 5.73 Å². The van der Waals surface area contributed by atoms with Crippen LogP contribution in [0.1, 0.15) is 19.4 Å². The molecule has 2 N–H and O–H groups in total. The Labute approximate surface area is 113 Å². The SMILES string of the molecule is CC(C(=O)N1CC[C@@H](N)C1)n1cccn1.Cl.Cl. The summed E-state index contributed by atoms with van der Waals surface area (Å²) in [6.07, 6.45) is 4.38. The van der Waals surface area contributed by atoms with Gasteiger partial charge < -0.3 is 10.6 Å². The van der Waals surface area contributed by atoms with Gasteiger partial charge in [-0.05, 0) is 19.4 Å². The Bertz CT molecular complexity index is 344. The fourth-order valence-corrected chi connectivity index (χ4v) is 1.87. The van der Waals surface area contributed by atoms with Crippen LogP contribution in [0.2, 0.25) is 0 Å². The van der Waals surface area contributed by atoms with Crippen molar-refractivity contribution in [1.29, 1.82) is 0 Å². The Morgan fingerprint density at radius 2 is 2.24 bits per heavy atom. The number of hydrogen-bond acceptors (Lipinski definition) is 3. The molecule has 7 heteroatoms. The van der Waals surface area contributed by atoms with Gasteiger partial charge >= 0.3 is 0 Å². The molecule has 0 saturated carbocycles. The molecule has 2 atom stereocenters. The van der Waals surface area contributed by atoms with Crippen LogP contribution in [-0.4, -0.2) is 39.7 Å². The minimum Gasteiger partial charge on any atom is -0.339 e. The van der Waals surface area contributed by atoms with Crippen molar-refractivity contribution >= 4 is 30.7 Å². The Morgan fingerprint density at radius 3 is 2.71 bits per heavy atom. The number of nitrogens with zero attached hydrogens (tertiary/aromatic N) is 3. The summed E-state index contributed by atoms with van der Waals surface area (Å²) in [5.74, 6) is 0.103. The van der Waals surface area contributed by atoms with Gasteiger partial charge in [-0.25, -0.2) is 0 Å². The lowest BCUT2D eigenvalue weighted by Gasteiger charge is -2.20. The Hall–Kier alpha value is -0.780. The van der Waals surface area contributed by atoms with Gasteiger partial charge in [0.2, 0.25) is 5.91 Å². The van der Waals surface area contributed by atoms with E-state index in [1.807, 2.05) is 17.9 Å². The van der Waals surface area contributed by atoms with Crippen molar-refractivity contribution in [3.05, 3.63) is 18.5 Å². The molecule has 1 aliphatic rings. The number of likely N-dealkylation sites (tertiary alicyclic amines) is 1. The molecule has 1 aromatic rings. The number of rotatable bonds is 2. The molecule has 98 valence electrons. The largest absolute Gasteiger partial charge is 0.339 e. The Morgan fingerprint density at radius 1 is 1.53 bits per heavy atom. The van der Waals surface area contributed by atoms with Gasteiger partial charge in [-0.1, -0.05) is 0 Å². The second-order valence-corrected chi connectivity index (χ2v) is 4.00. The number of aromatic nitrogens is 2. The summed E-state index contributed by atoms with van der Waals surface area (Å²) in [5.41, 5.74) is 5.77. The predicted octanol–water partition coefficient (Wildman–Crippen LogP) is 0.847. The highest BCUT2D eigenvalue weighted by atomic mass is 35.5. The zero-order valence-corrected chi connectivity index (χ0v) is 11.3. The molecule has 0 bridgehead atoms. The van der Waals surface area contributed by atoms with Crippen molar-refractivity contribution in [2.45, 2.75) is 25.4 Å². The molecule has 0 spiro atoms. The van der Waals surface area contributed by atoms with Crippen LogP contribution in [-0.2, 0) is 4.79 Å². The van der Waals surface area contributed by atoms with E-state index in [-0.39, 0.29) is 42.8 Å². The maximum atomic E-state index is 12.0. The van der Waals surface area contributed by atoms with Gasteiger partial charge in [0, 0.05) is 31.5 Å². The summed E-state index contributed by atoms with van der Waals surface area (Å²) in [7, 11) is 0. The maximum Gasteiger partial charge on any atom is 0.247 e. The summed E-state index contributed by atoms with van der Waals surface area (Å²) >= 11 is 0. The summed E-state index contributed by atoms with van der Waals surface area (Å²) in [5, 5.41) is 4.07. The first-order chi connectivity index (χ1) is 7.18. The Kier molecular flexibility index (Phi) is 6.52. The highest BCUT2D eigenvalue weighted by Crippen LogP contribution is 2.14. The molecule has 1 amide bonds. The first-order valence-corrected chi connectivity index (χ1v) is 5.22. The number of nitrogens with two attached hydrogens (primary N) is 1. The molecule has 0 aliphatic carbocycles. The highest BCUT2D eigenvalue weighted by Gasteiger charge is 2.27. The normalized spacial score (nSPS) is 20.4. The summed E-state index contributed by atoms with van der Waals surface area (Å²) < 4.78 is 1.67. The molecule has 5 nitrogen and oxygen atoms in total. The minimum absolute atomic E-state index is 0. The van der Waals surface area contributed by atoms with Crippen LogP contribution in [0.25, 0.3) is 0 Å². The van der Waals surface area contributed by atoms with Crippen LogP contribution in [0.15, 0.2) is 18.5 Å². The standard InChI is InChI=1S/C10H16N4O.2ClH/c1-8(14-5-2-4-12-14)10(15)13-6-3-9(11)7-13;;/h2,4-5,8-9H,3,6-7,11H2,1H3;2*1H/t8?,9-;;/m1../s1. The van der Waals surface area contributed by atoms with E-state index >= 15 is 0 Å². The average Bonchev–Trinajstić information content (AvgIpc) is 2.85. The molecule has 1 fully saturated rings. The topological polar surface area (TPSA) is 64.2 Å². The monoisotopic (exact) mass is 280 g/mol. The van der Waals surface area contributed by atoms with Gasteiger partial charge in [0.1, 0.15) is 6.04 Å². The lowest BCUT2D eigenvalue weighted by molar-refractivity contribution is -0.133. The fourth-order valence-electron chi connectivity index (χ4n) is 1.87. The third kappa shape index (κ3) is 3.59. The third-order valence-electron chi connectivity index (χ3n) is 2.82. The number of carbonyl (C=O) groups is 1. The summed E-state index contributed by atoms with van der Waals surface area (Å²) in [6.45, 7) is 3.30. The number of hydrogen-bond donors (Lipinski definition) is 1. The molecular formula is C10H18Cl2N4O. The molecule has 0 aromatic carbocycles. The van der Waals surface area contributed by atoms with Crippen molar-refractivity contribution in [3.8, 4) is 0 Å². The third-order valence-corrected chi connectivity index (χ3v) is 2.82. The van der Waals surface area contributed by atoms with Gasteiger partial charge in [-0.15, -0.1) is 24.8 Å². The molecule has 17 heavy (non-hydrogen) atoms. The van der Waals surface area contributed by atoms with Crippen LogP contribution >= 0.6 is 24.8 Å². The molecule has 1 unspecified atom stereocenters. The predicted molar refractivity (Wildman–Crippen MR) is 70.6 cm³/mol. The molecule has 1 aliphatic heterocycles. The first kappa shape index (κ1) is 16.2. The van der Waals surface area contributed by atoms with Crippen LogP contribution in [0.4, 0.5) is 0 Å². The van der Waals surface area contributed by atoms with Crippen LogP contribution < -0.4 is 5.73 Å². The molecule has 2 heterocycles. The Balaban J connectivity index is 0.00000128. The van der Waals surface area contributed by atoms with E-state index < -0.39 is 0 Å². The van der Waals surface area contributed by atoms with E-state index in [0.29, 0.717) is 6.54 Å². The van der Waals surface area contributed by atoms with E-state index in [4.69, 9.17) is 5.73 Å². The summed E-state index contributed by atoms with van der Waals surface area (Å²) in [6, 6.07) is 1.73. The van der Waals surface area contributed by atoms with Crippen molar-refractivity contribution in [3.63, 3.8) is 0 Å². The molecule has 1 aromatic heterocycles. The fraction of sp³-hybridized carbons (Fsp3) is 0.600. The summed E-state index contributed by atoms with van der Waals surface area (Å²) in [4.78, 5) is 13.8. The lowest BCUT2D eigenvalue weighted by atomic mass is 10.3. The number of amides is 1. The van der Waals surface area contributed by atoms with Crippen LogP contribution in [0, 0.1) is 0 Å². The van der Waals surface area contributed by atoms with Gasteiger partial charge in [0.15, 0.2) is 0 Å². The molecule has 2 rings (SSSR count). The van der Waals surface area contributed by atoms with Crippen molar-refractivity contribution in [2.75, 3.05) is 13.1 Å². The average molecular weight is 281 g/mol. The van der Waals surface area contributed by atoms with E-state index in [0.717, 1.165) is 13.0 Å². The number of carbonyl (C=O) groups excluding carboxylic acids is 1. The quantitative estimate of drug-likeness (QED) is 0.874. The molecular weight excluding hydrogens is 263 g/mol. The van der Waals surface area contributed by atoms with Gasteiger partial charge in [-0.3, -0.25) is 9.48 Å². The van der Waals surface area contributed by atoms with E-state index in [9.17, 15) is 4.79 Å². The van der Waals surface area contributed by atoms with E-state index in [1.54, 1.807) is 17.1 Å². The van der Waals surface area contributed by atoms with Gasteiger partial charge in [0.25, 0.3) is 0 Å². The minimum atomic E-state index is -0.231. The van der Waals surface area contributed by atoms with Gasteiger partial charge in [-0.2, -0.15) is 5.10 Å². The van der Waals surface area contributed by atoms with E-state index in [1.165, 1.54) is 0 Å². The van der Waals surface area contributed by atoms with Crippen molar-refractivity contribution < 1.29 is 4.79 Å². The van der Waals surface area contributed by atoms with Crippen LogP contribution in [0.3, 0.4) is 0 Å². The number of halogens is 2. The molecule has 1 saturated heterocycles. The second-order valence-electron chi connectivity index (χ2n) is 4.00. The highest BCUT2D eigenvalue weighted by molar-refractivity contribution is 5.85. The maximum absolute atomic E-state index is 12.0. The smallest absolute Gasteiger partial charge is 0.247 e. The lowest BCUT2D eigenvalue weighted by Crippen LogP contribution is -2.36. The zero-order chi connectivity index (χ0) is 10.8. The zero-order valence-electron chi connectivity index (χ0n) is 9.65. The van der Waals surface area contributed by atoms with Crippen molar-refractivity contribution in [1.82, 2.24) is 14.7 Å².